The molecule has 0 spiro atoms. The second kappa shape index (κ2) is 5.15. The van der Waals surface area contributed by atoms with Crippen LogP contribution >= 0.6 is 0 Å². The van der Waals surface area contributed by atoms with Gasteiger partial charge >= 0.3 is 0 Å². The van der Waals surface area contributed by atoms with E-state index >= 15 is 0 Å². The molecule has 1 amide bonds. The first kappa shape index (κ1) is 11.9. The molecule has 0 aromatic heterocycles. The molecule has 0 aromatic rings. The normalized spacial score (nSPS) is 34.6. The number of ether oxygens (including phenoxy) is 1. The summed E-state index contributed by atoms with van der Waals surface area (Å²) in [5.74, 6) is 0.195. The molecule has 0 aromatic carbocycles. The summed E-state index contributed by atoms with van der Waals surface area (Å²) in [6.45, 7) is 3.58. The maximum atomic E-state index is 12.2. The van der Waals surface area contributed by atoms with E-state index in [1.165, 1.54) is 0 Å². The predicted molar refractivity (Wildman–Crippen MR) is 62.0 cm³/mol. The van der Waals surface area contributed by atoms with Crippen LogP contribution in [-0.4, -0.2) is 42.1 Å². The van der Waals surface area contributed by atoms with Gasteiger partial charge in [0, 0.05) is 19.1 Å². The Morgan fingerprint density at radius 3 is 2.88 bits per heavy atom. The van der Waals surface area contributed by atoms with Crippen LogP contribution in [0.1, 0.15) is 39.0 Å². The first-order chi connectivity index (χ1) is 7.76. The van der Waals surface area contributed by atoms with Crippen molar-refractivity contribution in [2.45, 2.75) is 57.3 Å². The highest BCUT2D eigenvalue weighted by Crippen LogP contribution is 2.26. The Morgan fingerprint density at radius 1 is 1.44 bits per heavy atom. The first-order valence-electron chi connectivity index (χ1n) is 6.42. The van der Waals surface area contributed by atoms with Crippen molar-refractivity contribution in [1.82, 2.24) is 4.90 Å². The van der Waals surface area contributed by atoms with Crippen molar-refractivity contribution in [1.29, 1.82) is 0 Å². The highest BCUT2D eigenvalue weighted by atomic mass is 16.5. The molecule has 2 rings (SSSR count). The third kappa shape index (κ3) is 2.23. The SMILES string of the molecule is CCC1CCCN1C(=O)[C@@H]1CC[C@H](CN)O1. The van der Waals surface area contributed by atoms with Gasteiger partial charge in [-0.3, -0.25) is 4.79 Å². The lowest BCUT2D eigenvalue weighted by atomic mass is 10.1. The zero-order chi connectivity index (χ0) is 11.5. The van der Waals surface area contributed by atoms with Crippen LogP contribution in [0.25, 0.3) is 0 Å². The predicted octanol–water partition coefficient (Wildman–Crippen LogP) is 0.894. The third-order valence-electron chi connectivity index (χ3n) is 3.78. The van der Waals surface area contributed by atoms with Gasteiger partial charge in [-0.1, -0.05) is 6.92 Å². The van der Waals surface area contributed by atoms with Crippen molar-refractivity contribution in [3.05, 3.63) is 0 Å². The van der Waals surface area contributed by atoms with E-state index in [4.69, 9.17) is 10.5 Å². The Kier molecular flexibility index (Phi) is 3.82. The monoisotopic (exact) mass is 226 g/mol. The van der Waals surface area contributed by atoms with Crippen molar-refractivity contribution in [3.63, 3.8) is 0 Å². The summed E-state index contributed by atoms with van der Waals surface area (Å²) in [7, 11) is 0. The molecule has 2 N–H and O–H groups in total. The summed E-state index contributed by atoms with van der Waals surface area (Å²) >= 11 is 0. The summed E-state index contributed by atoms with van der Waals surface area (Å²) in [6.07, 6.45) is 4.98. The number of carbonyl (C=O) groups is 1. The lowest BCUT2D eigenvalue weighted by molar-refractivity contribution is -0.143. The molecule has 4 heteroatoms. The van der Waals surface area contributed by atoms with Crippen molar-refractivity contribution < 1.29 is 9.53 Å². The Labute approximate surface area is 97.1 Å². The number of hydrogen-bond donors (Lipinski definition) is 1. The molecule has 1 unspecified atom stereocenters. The van der Waals surface area contributed by atoms with Gasteiger partial charge in [0.05, 0.1) is 6.10 Å². The van der Waals surface area contributed by atoms with Crippen LogP contribution in [0.4, 0.5) is 0 Å². The van der Waals surface area contributed by atoms with Gasteiger partial charge < -0.3 is 15.4 Å². The number of amides is 1. The van der Waals surface area contributed by atoms with Crippen molar-refractivity contribution in [3.8, 4) is 0 Å². The molecular formula is C12H22N2O2. The summed E-state index contributed by atoms with van der Waals surface area (Å²) < 4.78 is 5.66. The van der Waals surface area contributed by atoms with Gasteiger partial charge in [0.2, 0.25) is 0 Å². The topological polar surface area (TPSA) is 55.6 Å². The highest BCUT2D eigenvalue weighted by Gasteiger charge is 2.36. The van der Waals surface area contributed by atoms with Crippen LogP contribution in [0.3, 0.4) is 0 Å². The number of carbonyl (C=O) groups excluding carboxylic acids is 1. The standard InChI is InChI=1S/C12H22N2O2/c1-2-9-4-3-7-14(9)12(15)11-6-5-10(8-13)16-11/h9-11H,2-8,13H2,1H3/t9?,10-,11+/m1/s1. The quantitative estimate of drug-likeness (QED) is 0.777. The number of nitrogens with zero attached hydrogens (tertiary/aromatic N) is 1. The average molecular weight is 226 g/mol. The van der Waals surface area contributed by atoms with Gasteiger partial charge in [-0.15, -0.1) is 0 Å². The van der Waals surface area contributed by atoms with Crippen LogP contribution in [0.5, 0.6) is 0 Å². The van der Waals surface area contributed by atoms with Crippen LogP contribution in [-0.2, 0) is 9.53 Å². The molecule has 2 heterocycles. The van der Waals surface area contributed by atoms with Crippen LogP contribution in [0.2, 0.25) is 0 Å². The fourth-order valence-corrected chi connectivity index (χ4v) is 2.80. The number of hydrogen-bond acceptors (Lipinski definition) is 3. The third-order valence-corrected chi connectivity index (χ3v) is 3.78. The zero-order valence-corrected chi connectivity index (χ0v) is 10.0. The first-order valence-corrected chi connectivity index (χ1v) is 6.42. The van der Waals surface area contributed by atoms with Gasteiger partial charge in [-0.2, -0.15) is 0 Å². The molecule has 2 saturated heterocycles. The summed E-state index contributed by atoms with van der Waals surface area (Å²) in [5.41, 5.74) is 5.55. The maximum Gasteiger partial charge on any atom is 0.251 e. The number of likely N-dealkylation sites (tertiary alicyclic amines) is 1. The molecule has 4 nitrogen and oxygen atoms in total. The lowest BCUT2D eigenvalue weighted by Crippen LogP contribution is -2.42. The lowest BCUT2D eigenvalue weighted by Gasteiger charge is -2.26. The van der Waals surface area contributed by atoms with E-state index in [-0.39, 0.29) is 18.1 Å². The Balaban J connectivity index is 1.92. The fourth-order valence-electron chi connectivity index (χ4n) is 2.80. The van der Waals surface area contributed by atoms with Gasteiger partial charge in [0.15, 0.2) is 0 Å². The van der Waals surface area contributed by atoms with E-state index in [2.05, 4.69) is 6.92 Å². The molecule has 0 aliphatic carbocycles. The zero-order valence-electron chi connectivity index (χ0n) is 10.0. The van der Waals surface area contributed by atoms with Gasteiger partial charge in [0.25, 0.3) is 5.91 Å². The largest absolute Gasteiger partial charge is 0.364 e. The summed E-state index contributed by atoms with van der Waals surface area (Å²) in [4.78, 5) is 14.3. The second-order valence-electron chi connectivity index (χ2n) is 4.80. The molecule has 2 fully saturated rings. The average Bonchev–Trinajstić information content (AvgIpc) is 2.96. The maximum absolute atomic E-state index is 12.2. The Morgan fingerprint density at radius 2 is 2.25 bits per heavy atom. The highest BCUT2D eigenvalue weighted by molar-refractivity contribution is 5.81. The molecule has 3 atom stereocenters. The van der Waals surface area contributed by atoms with Crippen LogP contribution in [0.15, 0.2) is 0 Å². The smallest absolute Gasteiger partial charge is 0.251 e. The van der Waals surface area contributed by atoms with Crippen LogP contribution in [0, 0.1) is 0 Å². The Hall–Kier alpha value is -0.610. The summed E-state index contributed by atoms with van der Waals surface area (Å²) in [6, 6.07) is 0.438. The molecule has 0 radical (unpaired) electrons. The van der Waals surface area contributed by atoms with Gasteiger partial charge in [-0.05, 0) is 32.1 Å². The molecule has 0 saturated carbocycles. The molecular weight excluding hydrogens is 204 g/mol. The van der Waals surface area contributed by atoms with E-state index in [1.807, 2.05) is 4.90 Å². The molecule has 0 bridgehead atoms. The molecule has 92 valence electrons. The molecule has 2 aliphatic rings. The van der Waals surface area contributed by atoms with Crippen molar-refractivity contribution >= 4 is 5.91 Å². The Bertz CT molecular complexity index is 257. The van der Waals surface area contributed by atoms with E-state index in [9.17, 15) is 4.79 Å². The van der Waals surface area contributed by atoms with E-state index < -0.39 is 0 Å². The second-order valence-corrected chi connectivity index (χ2v) is 4.80. The van der Waals surface area contributed by atoms with Gasteiger partial charge in [0.1, 0.15) is 6.10 Å². The molecule has 16 heavy (non-hydrogen) atoms. The van der Waals surface area contributed by atoms with Crippen molar-refractivity contribution in [2.24, 2.45) is 5.73 Å². The summed E-state index contributed by atoms with van der Waals surface area (Å²) in [5, 5.41) is 0. The molecule has 2 aliphatic heterocycles. The van der Waals surface area contributed by atoms with Crippen LogP contribution < -0.4 is 5.73 Å². The minimum absolute atomic E-state index is 0.0941. The minimum atomic E-state index is -0.222. The van der Waals surface area contributed by atoms with Crippen molar-refractivity contribution in [2.75, 3.05) is 13.1 Å². The van der Waals surface area contributed by atoms with E-state index in [0.717, 1.165) is 38.6 Å². The van der Waals surface area contributed by atoms with Gasteiger partial charge in [-0.25, -0.2) is 0 Å². The number of rotatable bonds is 3. The minimum Gasteiger partial charge on any atom is -0.364 e. The number of nitrogens with two attached hydrogens (primary N) is 1. The van der Waals surface area contributed by atoms with E-state index in [1.54, 1.807) is 0 Å². The van der Waals surface area contributed by atoms with E-state index in [0.29, 0.717) is 12.6 Å². The fraction of sp³-hybridized carbons (Fsp3) is 0.917.